The Balaban J connectivity index is 2.06. The summed E-state index contributed by atoms with van der Waals surface area (Å²) >= 11 is 0. The zero-order valence-corrected chi connectivity index (χ0v) is 11.1. The van der Waals surface area contributed by atoms with Crippen LogP contribution in [0.5, 0.6) is 0 Å². The van der Waals surface area contributed by atoms with Gasteiger partial charge >= 0.3 is 0 Å². The Labute approximate surface area is 107 Å². The van der Waals surface area contributed by atoms with E-state index in [0.717, 1.165) is 32.4 Å². The van der Waals surface area contributed by atoms with Gasteiger partial charge in [0.25, 0.3) is 5.91 Å². The quantitative estimate of drug-likeness (QED) is 0.827. The van der Waals surface area contributed by atoms with Crippen LogP contribution in [0.2, 0.25) is 0 Å². The number of nitrogens with one attached hydrogen (secondary N) is 2. The highest BCUT2D eigenvalue weighted by Crippen LogP contribution is 2.20. The summed E-state index contributed by atoms with van der Waals surface area (Å²) in [5.74, 6) is 0.936. The highest BCUT2D eigenvalue weighted by atomic mass is 16.2. The Hall–Kier alpha value is -1.43. The van der Waals surface area contributed by atoms with E-state index in [1.165, 1.54) is 6.42 Å². The Kier molecular flexibility index (Phi) is 4.30. The molecule has 0 bridgehead atoms. The minimum absolute atomic E-state index is 0.0415. The van der Waals surface area contributed by atoms with Gasteiger partial charge in [0.2, 0.25) is 5.82 Å². The molecule has 1 aliphatic heterocycles. The number of aromatic amines is 1. The maximum atomic E-state index is 12.3. The van der Waals surface area contributed by atoms with Crippen LogP contribution >= 0.6 is 0 Å². The third kappa shape index (κ3) is 2.87. The molecule has 2 heterocycles. The molecule has 0 aromatic carbocycles. The van der Waals surface area contributed by atoms with Crippen molar-refractivity contribution in [3.63, 3.8) is 0 Å². The van der Waals surface area contributed by atoms with Gasteiger partial charge in [0.05, 0.1) is 0 Å². The average Bonchev–Trinajstić information content (AvgIpc) is 2.82. The lowest BCUT2D eigenvalue weighted by molar-refractivity contribution is 0.0590. The number of amides is 1. The number of hydrogen-bond donors (Lipinski definition) is 2. The van der Waals surface area contributed by atoms with Crippen LogP contribution in [0.3, 0.4) is 0 Å². The molecule has 18 heavy (non-hydrogen) atoms. The largest absolute Gasteiger partial charge is 0.333 e. The number of rotatable bonds is 4. The zero-order chi connectivity index (χ0) is 13.0. The first-order chi connectivity index (χ1) is 8.72. The number of carbonyl (C=O) groups is 1. The number of aryl methyl sites for hydroxylation is 1. The normalized spacial score (nSPS) is 20.1. The number of H-pyrrole nitrogens is 1. The van der Waals surface area contributed by atoms with Gasteiger partial charge in [-0.1, -0.05) is 0 Å². The number of hydrogen-bond acceptors (Lipinski definition) is 4. The van der Waals surface area contributed by atoms with Gasteiger partial charge in [-0.2, -0.15) is 0 Å². The minimum atomic E-state index is -0.0415. The molecule has 6 nitrogen and oxygen atoms in total. The number of piperidine rings is 1. The van der Waals surface area contributed by atoms with Crippen molar-refractivity contribution in [3.8, 4) is 0 Å². The molecule has 2 N–H and O–H groups in total. The molecule has 6 heteroatoms. The van der Waals surface area contributed by atoms with Crippen LogP contribution in [-0.2, 0) is 0 Å². The summed E-state index contributed by atoms with van der Waals surface area (Å²) in [7, 11) is 1.94. The van der Waals surface area contributed by atoms with Crippen LogP contribution < -0.4 is 5.32 Å². The first-order valence-electron chi connectivity index (χ1n) is 6.57. The molecular weight excluding hydrogens is 230 g/mol. The van der Waals surface area contributed by atoms with E-state index in [-0.39, 0.29) is 5.91 Å². The molecule has 100 valence electrons. The lowest BCUT2D eigenvalue weighted by Crippen LogP contribution is -2.45. The van der Waals surface area contributed by atoms with Crippen LogP contribution in [0.15, 0.2) is 0 Å². The number of carbonyl (C=O) groups excluding carboxylic acids is 1. The molecule has 1 fully saturated rings. The summed E-state index contributed by atoms with van der Waals surface area (Å²) < 4.78 is 0. The fourth-order valence-electron chi connectivity index (χ4n) is 2.45. The lowest BCUT2D eigenvalue weighted by Gasteiger charge is -2.35. The van der Waals surface area contributed by atoms with Crippen molar-refractivity contribution < 1.29 is 4.79 Å². The molecular formula is C12H21N5O. The molecule has 0 spiro atoms. The van der Waals surface area contributed by atoms with Gasteiger partial charge in [0.15, 0.2) is 0 Å². The first-order valence-corrected chi connectivity index (χ1v) is 6.57. The van der Waals surface area contributed by atoms with E-state index in [1.54, 1.807) is 6.92 Å². The maximum absolute atomic E-state index is 12.3. The third-order valence-electron chi connectivity index (χ3n) is 3.40. The first kappa shape index (κ1) is 13.0. The minimum Gasteiger partial charge on any atom is -0.333 e. The number of likely N-dealkylation sites (tertiary alicyclic amines) is 1. The topological polar surface area (TPSA) is 73.9 Å². The van der Waals surface area contributed by atoms with Gasteiger partial charge in [0.1, 0.15) is 5.82 Å². The maximum Gasteiger partial charge on any atom is 0.293 e. The second-order valence-corrected chi connectivity index (χ2v) is 4.78. The Morgan fingerprint density at radius 1 is 1.56 bits per heavy atom. The summed E-state index contributed by atoms with van der Waals surface area (Å²) in [6.45, 7) is 3.56. The predicted molar refractivity (Wildman–Crippen MR) is 68.3 cm³/mol. The van der Waals surface area contributed by atoms with Gasteiger partial charge in [-0.25, -0.2) is 4.98 Å². The monoisotopic (exact) mass is 251 g/mol. The highest BCUT2D eigenvalue weighted by Gasteiger charge is 2.28. The Morgan fingerprint density at radius 3 is 3.06 bits per heavy atom. The summed E-state index contributed by atoms with van der Waals surface area (Å²) in [5.41, 5.74) is 0. The molecule has 1 atom stereocenters. The second kappa shape index (κ2) is 5.95. The molecule has 0 radical (unpaired) electrons. The number of aromatic nitrogens is 3. The van der Waals surface area contributed by atoms with Gasteiger partial charge in [-0.05, 0) is 46.2 Å². The van der Waals surface area contributed by atoms with Crippen molar-refractivity contribution in [1.82, 2.24) is 25.4 Å². The van der Waals surface area contributed by atoms with Crippen LogP contribution in [0, 0.1) is 6.92 Å². The smallest absolute Gasteiger partial charge is 0.293 e. The predicted octanol–water partition coefficient (Wildman–Crippen LogP) is 0.717. The molecule has 0 saturated carbocycles. The van der Waals surface area contributed by atoms with E-state index in [4.69, 9.17) is 0 Å². The summed E-state index contributed by atoms with van der Waals surface area (Å²) in [5, 5.41) is 9.83. The van der Waals surface area contributed by atoms with Crippen LogP contribution in [0.4, 0.5) is 0 Å². The Bertz CT molecular complexity index is 403. The molecule has 0 aliphatic carbocycles. The standard InChI is InChI=1S/C12H21N5O/c1-9-14-11(16-15-9)12(18)17-8-4-3-5-10(17)6-7-13-2/h10,13H,3-8H2,1-2H3,(H,14,15,16). The van der Waals surface area contributed by atoms with E-state index in [2.05, 4.69) is 20.5 Å². The molecule has 1 saturated heterocycles. The van der Waals surface area contributed by atoms with Gasteiger partial charge in [0, 0.05) is 12.6 Å². The molecule has 1 aromatic rings. The van der Waals surface area contributed by atoms with Crippen molar-refractivity contribution in [2.45, 2.75) is 38.6 Å². The van der Waals surface area contributed by atoms with Crippen molar-refractivity contribution in [2.75, 3.05) is 20.1 Å². The van der Waals surface area contributed by atoms with Gasteiger partial charge in [-0.3, -0.25) is 9.89 Å². The van der Waals surface area contributed by atoms with Gasteiger partial charge < -0.3 is 10.2 Å². The second-order valence-electron chi connectivity index (χ2n) is 4.78. The van der Waals surface area contributed by atoms with Crippen LogP contribution in [-0.4, -0.2) is 52.2 Å². The third-order valence-corrected chi connectivity index (χ3v) is 3.40. The Morgan fingerprint density at radius 2 is 2.39 bits per heavy atom. The van der Waals surface area contributed by atoms with E-state index in [1.807, 2.05) is 11.9 Å². The van der Waals surface area contributed by atoms with Gasteiger partial charge in [-0.15, -0.1) is 5.10 Å². The molecule has 1 unspecified atom stereocenters. The summed E-state index contributed by atoms with van der Waals surface area (Å²) in [6, 6.07) is 0.317. The SMILES string of the molecule is CNCCC1CCCCN1C(=O)c1n[nH]c(C)n1. The van der Waals surface area contributed by atoms with Crippen molar-refractivity contribution in [2.24, 2.45) is 0 Å². The van der Waals surface area contributed by atoms with Crippen molar-refractivity contribution in [3.05, 3.63) is 11.6 Å². The number of nitrogens with zero attached hydrogens (tertiary/aromatic N) is 3. The molecule has 2 rings (SSSR count). The molecule has 1 aliphatic rings. The van der Waals surface area contributed by atoms with E-state index in [9.17, 15) is 4.79 Å². The average molecular weight is 251 g/mol. The summed E-state index contributed by atoms with van der Waals surface area (Å²) in [6.07, 6.45) is 4.35. The van der Waals surface area contributed by atoms with E-state index in [0.29, 0.717) is 17.7 Å². The van der Waals surface area contributed by atoms with Crippen LogP contribution in [0.25, 0.3) is 0 Å². The zero-order valence-electron chi connectivity index (χ0n) is 11.1. The fraction of sp³-hybridized carbons (Fsp3) is 0.750. The molecule has 1 aromatic heterocycles. The fourth-order valence-corrected chi connectivity index (χ4v) is 2.45. The van der Waals surface area contributed by atoms with E-state index >= 15 is 0 Å². The lowest BCUT2D eigenvalue weighted by atomic mass is 9.99. The molecule has 1 amide bonds. The van der Waals surface area contributed by atoms with Crippen molar-refractivity contribution >= 4 is 5.91 Å². The highest BCUT2D eigenvalue weighted by molar-refractivity contribution is 5.90. The van der Waals surface area contributed by atoms with E-state index < -0.39 is 0 Å². The van der Waals surface area contributed by atoms with Crippen molar-refractivity contribution in [1.29, 1.82) is 0 Å². The summed E-state index contributed by atoms with van der Waals surface area (Å²) in [4.78, 5) is 18.4. The van der Waals surface area contributed by atoms with Crippen LogP contribution in [0.1, 0.15) is 42.1 Å².